The summed E-state index contributed by atoms with van der Waals surface area (Å²) in [5.41, 5.74) is 1.11. The summed E-state index contributed by atoms with van der Waals surface area (Å²) < 4.78 is 4.89. The minimum atomic E-state index is -0.302. The van der Waals surface area contributed by atoms with Gasteiger partial charge in [-0.1, -0.05) is 5.16 Å². The number of nitrogens with one attached hydrogen (secondary N) is 2. The Morgan fingerprint density at radius 1 is 1.43 bits per heavy atom. The van der Waals surface area contributed by atoms with Crippen LogP contribution in [0.4, 0.5) is 11.5 Å². The highest BCUT2D eigenvalue weighted by Crippen LogP contribution is 2.35. The molecule has 0 bridgehead atoms. The van der Waals surface area contributed by atoms with Crippen molar-refractivity contribution in [2.75, 3.05) is 10.6 Å². The van der Waals surface area contributed by atoms with Gasteiger partial charge in [-0.05, 0) is 32.0 Å². The third kappa shape index (κ3) is 2.78. The van der Waals surface area contributed by atoms with Crippen molar-refractivity contribution in [2.24, 2.45) is 0 Å². The maximum absolute atomic E-state index is 12.1. The Kier molecular flexibility index (Phi) is 3.42. The molecule has 2 heterocycles. The molecule has 1 aromatic heterocycles. The van der Waals surface area contributed by atoms with Gasteiger partial charge >= 0.3 is 0 Å². The summed E-state index contributed by atoms with van der Waals surface area (Å²) in [6.45, 7) is 3.59. The molecule has 1 aliphatic heterocycles. The zero-order valence-corrected chi connectivity index (χ0v) is 12.3. The van der Waals surface area contributed by atoms with Crippen molar-refractivity contribution in [3.63, 3.8) is 0 Å². The SMILES string of the molecule is Cc1cc(NC(=O)c2ccc3c(c2)NC(=O)C(C)S3)no1. The molecule has 0 aliphatic carbocycles. The standard InChI is InChI=1S/C14H13N3O3S/c1-7-5-12(17-20-7)16-14(19)9-3-4-11-10(6-9)15-13(18)8(2)21-11/h3-6,8H,1-2H3,(H,15,18)(H,16,17,19). The monoisotopic (exact) mass is 303 g/mol. The molecule has 0 saturated carbocycles. The first-order valence-corrected chi connectivity index (χ1v) is 7.27. The van der Waals surface area contributed by atoms with E-state index in [0.717, 1.165) is 4.90 Å². The number of benzene rings is 1. The van der Waals surface area contributed by atoms with Crippen molar-refractivity contribution >= 4 is 35.1 Å². The predicted octanol–water partition coefficient (Wildman–Crippen LogP) is 2.67. The summed E-state index contributed by atoms with van der Waals surface area (Å²) in [7, 11) is 0. The molecule has 2 N–H and O–H groups in total. The van der Waals surface area contributed by atoms with Crippen molar-refractivity contribution in [2.45, 2.75) is 24.0 Å². The summed E-state index contributed by atoms with van der Waals surface area (Å²) in [5, 5.41) is 9.02. The van der Waals surface area contributed by atoms with Crippen LogP contribution < -0.4 is 10.6 Å². The van der Waals surface area contributed by atoms with E-state index >= 15 is 0 Å². The highest BCUT2D eigenvalue weighted by Gasteiger charge is 2.23. The number of hydrogen-bond donors (Lipinski definition) is 2. The maximum atomic E-state index is 12.1. The van der Waals surface area contributed by atoms with E-state index in [-0.39, 0.29) is 17.1 Å². The summed E-state index contributed by atoms with van der Waals surface area (Å²) in [5.74, 6) is 0.622. The number of carbonyl (C=O) groups is 2. The van der Waals surface area contributed by atoms with Crippen LogP contribution in [0, 0.1) is 6.92 Å². The molecule has 0 fully saturated rings. The normalized spacial score (nSPS) is 17.0. The van der Waals surface area contributed by atoms with Gasteiger partial charge in [0.15, 0.2) is 5.82 Å². The molecular weight excluding hydrogens is 290 g/mol. The van der Waals surface area contributed by atoms with E-state index in [1.807, 2.05) is 13.0 Å². The van der Waals surface area contributed by atoms with E-state index in [1.165, 1.54) is 11.8 Å². The number of thioether (sulfide) groups is 1. The molecule has 2 amide bonds. The van der Waals surface area contributed by atoms with Crippen LogP contribution in [0.1, 0.15) is 23.0 Å². The number of amides is 2. The Morgan fingerprint density at radius 3 is 2.95 bits per heavy atom. The molecule has 0 saturated heterocycles. The van der Waals surface area contributed by atoms with Gasteiger partial charge < -0.3 is 15.2 Å². The lowest BCUT2D eigenvalue weighted by atomic mass is 10.1. The number of nitrogens with zero attached hydrogens (tertiary/aromatic N) is 1. The molecular formula is C14H13N3O3S. The van der Waals surface area contributed by atoms with Crippen molar-refractivity contribution in [1.29, 1.82) is 0 Å². The zero-order chi connectivity index (χ0) is 15.0. The minimum absolute atomic E-state index is 0.0582. The summed E-state index contributed by atoms with van der Waals surface area (Å²) in [6.07, 6.45) is 0. The summed E-state index contributed by atoms with van der Waals surface area (Å²) in [4.78, 5) is 24.8. The number of aromatic nitrogens is 1. The van der Waals surface area contributed by atoms with E-state index in [2.05, 4.69) is 15.8 Å². The molecule has 6 nitrogen and oxygen atoms in total. The second-order valence-corrected chi connectivity index (χ2v) is 6.12. The number of aryl methyl sites for hydroxylation is 1. The Balaban J connectivity index is 1.82. The number of fused-ring (bicyclic) bond motifs is 1. The minimum Gasteiger partial charge on any atom is -0.360 e. The molecule has 108 valence electrons. The lowest BCUT2D eigenvalue weighted by Gasteiger charge is -2.21. The lowest BCUT2D eigenvalue weighted by molar-refractivity contribution is -0.115. The number of hydrogen-bond acceptors (Lipinski definition) is 5. The average Bonchev–Trinajstić information content (AvgIpc) is 2.85. The van der Waals surface area contributed by atoms with Gasteiger partial charge in [-0.15, -0.1) is 11.8 Å². The molecule has 1 atom stereocenters. The van der Waals surface area contributed by atoms with Crippen LogP contribution in [-0.2, 0) is 4.79 Å². The zero-order valence-electron chi connectivity index (χ0n) is 11.5. The van der Waals surface area contributed by atoms with Crippen molar-refractivity contribution in [3.8, 4) is 0 Å². The first kappa shape index (κ1) is 13.7. The second kappa shape index (κ2) is 5.25. The predicted molar refractivity (Wildman–Crippen MR) is 79.6 cm³/mol. The smallest absolute Gasteiger partial charge is 0.256 e. The fourth-order valence-corrected chi connectivity index (χ4v) is 2.89. The quantitative estimate of drug-likeness (QED) is 0.891. The number of carbonyl (C=O) groups excluding carboxylic acids is 2. The van der Waals surface area contributed by atoms with Crippen molar-refractivity contribution in [3.05, 3.63) is 35.6 Å². The van der Waals surface area contributed by atoms with Gasteiger partial charge in [0, 0.05) is 16.5 Å². The average molecular weight is 303 g/mol. The van der Waals surface area contributed by atoms with Gasteiger partial charge in [0.05, 0.1) is 10.9 Å². The topological polar surface area (TPSA) is 84.2 Å². The molecule has 0 spiro atoms. The molecule has 3 rings (SSSR count). The molecule has 1 unspecified atom stereocenters. The molecule has 7 heteroatoms. The highest BCUT2D eigenvalue weighted by molar-refractivity contribution is 8.00. The first-order valence-electron chi connectivity index (χ1n) is 6.39. The largest absolute Gasteiger partial charge is 0.360 e. The van der Waals surface area contributed by atoms with Crippen LogP contribution in [0.15, 0.2) is 33.7 Å². The van der Waals surface area contributed by atoms with Gasteiger partial charge in [0.2, 0.25) is 5.91 Å². The van der Waals surface area contributed by atoms with Crippen LogP contribution in [0.25, 0.3) is 0 Å². The Bertz CT molecular complexity index is 726. The van der Waals surface area contributed by atoms with E-state index in [9.17, 15) is 9.59 Å². The fourth-order valence-electron chi connectivity index (χ4n) is 1.96. The molecule has 1 aliphatic rings. The van der Waals surface area contributed by atoms with E-state index in [4.69, 9.17) is 4.52 Å². The third-order valence-corrected chi connectivity index (χ3v) is 4.22. The molecule has 1 aromatic carbocycles. The van der Waals surface area contributed by atoms with Gasteiger partial charge in [0.25, 0.3) is 5.91 Å². The van der Waals surface area contributed by atoms with Crippen LogP contribution in [0.5, 0.6) is 0 Å². The number of rotatable bonds is 2. The van der Waals surface area contributed by atoms with Gasteiger partial charge in [0.1, 0.15) is 5.76 Å². The molecule has 21 heavy (non-hydrogen) atoms. The van der Waals surface area contributed by atoms with Crippen LogP contribution in [0.3, 0.4) is 0 Å². The molecule has 0 radical (unpaired) electrons. The fraction of sp³-hybridized carbons (Fsp3) is 0.214. The van der Waals surface area contributed by atoms with Crippen LogP contribution in [-0.4, -0.2) is 22.2 Å². The summed E-state index contributed by atoms with van der Waals surface area (Å²) in [6, 6.07) is 6.85. The first-order chi connectivity index (χ1) is 10.0. The van der Waals surface area contributed by atoms with E-state index in [0.29, 0.717) is 22.8 Å². The number of anilines is 2. The Morgan fingerprint density at radius 2 is 2.24 bits per heavy atom. The van der Waals surface area contributed by atoms with Gasteiger partial charge in [-0.25, -0.2) is 0 Å². The van der Waals surface area contributed by atoms with Crippen molar-refractivity contribution < 1.29 is 14.1 Å². The highest BCUT2D eigenvalue weighted by atomic mass is 32.2. The van der Waals surface area contributed by atoms with Crippen molar-refractivity contribution in [1.82, 2.24) is 5.16 Å². The Hall–Kier alpha value is -2.28. The summed E-state index contributed by atoms with van der Waals surface area (Å²) >= 11 is 1.48. The molecule has 2 aromatic rings. The lowest BCUT2D eigenvalue weighted by Crippen LogP contribution is -2.26. The van der Waals surface area contributed by atoms with Crippen LogP contribution in [0.2, 0.25) is 0 Å². The second-order valence-electron chi connectivity index (χ2n) is 4.74. The van der Waals surface area contributed by atoms with E-state index < -0.39 is 0 Å². The van der Waals surface area contributed by atoms with Gasteiger partial charge in [-0.2, -0.15) is 0 Å². The third-order valence-electron chi connectivity index (χ3n) is 3.04. The Labute approximate surface area is 125 Å². The van der Waals surface area contributed by atoms with Crippen LogP contribution >= 0.6 is 11.8 Å². The maximum Gasteiger partial charge on any atom is 0.256 e. The van der Waals surface area contributed by atoms with Gasteiger partial charge in [-0.3, -0.25) is 9.59 Å². The van der Waals surface area contributed by atoms with E-state index in [1.54, 1.807) is 25.1 Å².